The zero-order chi connectivity index (χ0) is 17.2. The molecule has 0 aliphatic heterocycles. The van der Waals surface area contributed by atoms with Crippen molar-refractivity contribution >= 4 is 38.9 Å². The third-order valence-corrected chi connectivity index (χ3v) is 5.75. The van der Waals surface area contributed by atoms with Crippen molar-refractivity contribution in [3.05, 3.63) is 52.0 Å². The van der Waals surface area contributed by atoms with E-state index in [4.69, 9.17) is 27.9 Å². The van der Waals surface area contributed by atoms with E-state index in [1.54, 1.807) is 12.1 Å². The molecule has 0 radical (unpaired) electrons. The minimum Gasteiger partial charge on any atom is -0.495 e. The summed E-state index contributed by atoms with van der Waals surface area (Å²) in [4.78, 5) is -0.0992. The highest BCUT2D eigenvalue weighted by Gasteiger charge is 2.22. The van der Waals surface area contributed by atoms with E-state index in [2.05, 4.69) is 18.6 Å². The summed E-state index contributed by atoms with van der Waals surface area (Å²) in [6.07, 6.45) is 0. The van der Waals surface area contributed by atoms with Gasteiger partial charge in [-0.2, -0.15) is 0 Å². The first kappa shape index (κ1) is 17.9. The zero-order valence-corrected chi connectivity index (χ0v) is 15.3. The molecule has 0 saturated carbocycles. The monoisotopic (exact) mass is 373 g/mol. The maximum atomic E-state index is 12.5. The second kappa shape index (κ2) is 6.99. The van der Waals surface area contributed by atoms with Crippen LogP contribution in [0.1, 0.15) is 25.3 Å². The molecule has 0 spiro atoms. The second-order valence-electron chi connectivity index (χ2n) is 5.28. The van der Waals surface area contributed by atoms with Crippen LogP contribution in [0, 0.1) is 0 Å². The first-order chi connectivity index (χ1) is 10.8. The minimum atomic E-state index is -3.85. The van der Waals surface area contributed by atoms with Gasteiger partial charge in [-0.1, -0.05) is 49.2 Å². The van der Waals surface area contributed by atoms with Gasteiger partial charge >= 0.3 is 0 Å². The van der Waals surface area contributed by atoms with E-state index >= 15 is 0 Å². The Hall–Kier alpha value is -1.43. The van der Waals surface area contributed by atoms with Gasteiger partial charge < -0.3 is 4.74 Å². The molecule has 0 bridgehead atoms. The first-order valence-corrected chi connectivity index (χ1v) is 9.15. The van der Waals surface area contributed by atoms with Crippen LogP contribution in [0.5, 0.6) is 5.75 Å². The summed E-state index contributed by atoms with van der Waals surface area (Å²) in [6, 6.07) is 10.0. The molecule has 0 fully saturated rings. The maximum absolute atomic E-state index is 12.5. The molecule has 0 aliphatic rings. The molecule has 124 valence electrons. The quantitative estimate of drug-likeness (QED) is 0.808. The van der Waals surface area contributed by atoms with Crippen LogP contribution in [0.3, 0.4) is 0 Å². The van der Waals surface area contributed by atoms with Crippen LogP contribution in [-0.2, 0) is 10.0 Å². The first-order valence-electron chi connectivity index (χ1n) is 6.91. The average Bonchev–Trinajstić information content (AvgIpc) is 2.49. The molecule has 2 aromatic carbocycles. The van der Waals surface area contributed by atoms with Crippen LogP contribution in [0.4, 0.5) is 5.69 Å². The van der Waals surface area contributed by atoms with Crippen molar-refractivity contribution in [2.24, 2.45) is 0 Å². The van der Waals surface area contributed by atoms with Gasteiger partial charge in [-0.25, -0.2) is 8.42 Å². The van der Waals surface area contributed by atoms with Crippen LogP contribution in [0.2, 0.25) is 10.0 Å². The van der Waals surface area contributed by atoms with Crippen LogP contribution < -0.4 is 9.46 Å². The van der Waals surface area contributed by atoms with Crippen LogP contribution in [-0.4, -0.2) is 15.5 Å². The van der Waals surface area contributed by atoms with E-state index in [0.29, 0.717) is 17.4 Å². The van der Waals surface area contributed by atoms with E-state index in [1.807, 2.05) is 12.1 Å². The van der Waals surface area contributed by atoms with E-state index in [9.17, 15) is 8.42 Å². The summed E-state index contributed by atoms with van der Waals surface area (Å²) >= 11 is 12.1. The lowest BCUT2D eigenvalue weighted by Gasteiger charge is -2.13. The Morgan fingerprint density at radius 3 is 2.13 bits per heavy atom. The molecule has 2 aromatic rings. The van der Waals surface area contributed by atoms with Crippen LogP contribution >= 0.6 is 23.2 Å². The van der Waals surface area contributed by atoms with E-state index < -0.39 is 10.0 Å². The predicted octanol–water partition coefficient (Wildman–Crippen LogP) is 4.93. The number of benzene rings is 2. The number of sulfonamides is 1. The van der Waals surface area contributed by atoms with Crippen molar-refractivity contribution in [3.63, 3.8) is 0 Å². The highest BCUT2D eigenvalue weighted by atomic mass is 35.5. The third-order valence-electron chi connectivity index (χ3n) is 3.35. The van der Waals surface area contributed by atoms with E-state index in [-0.39, 0.29) is 14.9 Å². The highest BCUT2D eigenvalue weighted by Crippen LogP contribution is 2.37. The lowest BCUT2D eigenvalue weighted by Crippen LogP contribution is -2.13. The number of halogens is 2. The fraction of sp³-hybridized carbons (Fsp3) is 0.250. The van der Waals surface area contributed by atoms with Crippen molar-refractivity contribution in [1.29, 1.82) is 0 Å². The summed E-state index contributed by atoms with van der Waals surface area (Å²) in [7, 11) is -2.42. The van der Waals surface area contributed by atoms with Gasteiger partial charge in [0, 0.05) is 5.69 Å². The Bertz CT molecular complexity index is 803. The number of nitrogens with one attached hydrogen (secondary N) is 1. The molecule has 4 nitrogen and oxygen atoms in total. The van der Waals surface area contributed by atoms with Crippen molar-refractivity contribution in [2.75, 3.05) is 11.8 Å². The largest absolute Gasteiger partial charge is 0.495 e. The summed E-state index contributed by atoms with van der Waals surface area (Å²) < 4.78 is 32.5. The number of methoxy groups -OCH3 is 1. The zero-order valence-electron chi connectivity index (χ0n) is 12.9. The molecule has 0 aromatic heterocycles. The fourth-order valence-electron chi connectivity index (χ4n) is 2.03. The maximum Gasteiger partial charge on any atom is 0.263 e. The summed E-state index contributed by atoms with van der Waals surface area (Å²) in [5.74, 6) is 0.687. The molecular formula is C16H17Cl2NO3S. The Morgan fingerprint density at radius 1 is 1.00 bits per heavy atom. The van der Waals surface area contributed by atoms with Crippen molar-refractivity contribution in [1.82, 2.24) is 0 Å². The normalized spacial score (nSPS) is 11.6. The SMILES string of the molecule is COc1ccc(S(=O)(=O)Nc2ccc(C(C)C)cc2)c(Cl)c1Cl. The summed E-state index contributed by atoms with van der Waals surface area (Å²) in [5.41, 5.74) is 1.58. The van der Waals surface area contributed by atoms with Gasteiger partial charge in [0.25, 0.3) is 10.0 Å². The number of rotatable bonds is 5. The third kappa shape index (κ3) is 3.91. The highest BCUT2D eigenvalue weighted by molar-refractivity contribution is 7.92. The van der Waals surface area contributed by atoms with Crippen LogP contribution in [0.25, 0.3) is 0 Å². The number of ether oxygens (including phenoxy) is 1. The van der Waals surface area contributed by atoms with E-state index in [0.717, 1.165) is 5.56 Å². The lowest BCUT2D eigenvalue weighted by atomic mass is 10.0. The van der Waals surface area contributed by atoms with Gasteiger partial charge in [-0.05, 0) is 35.7 Å². The smallest absolute Gasteiger partial charge is 0.263 e. The molecule has 2 rings (SSSR count). The Morgan fingerprint density at radius 2 is 1.61 bits per heavy atom. The molecule has 7 heteroatoms. The standard InChI is InChI=1S/C16H17Cl2NO3S/c1-10(2)11-4-6-12(7-5-11)19-23(20,21)14-9-8-13(22-3)15(17)16(14)18/h4-10,19H,1-3H3. The molecular weight excluding hydrogens is 357 g/mol. The van der Waals surface area contributed by atoms with Gasteiger partial charge in [0.2, 0.25) is 0 Å². The van der Waals surface area contributed by atoms with Gasteiger partial charge in [0.15, 0.2) is 0 Å². The average molecular weight is 374 g/mol. The van der Waals surface area contributed by atoms with Crippen molar-refractivity contribution in [3.8, 4) is 5.75 Å². The topological polar surface area (TPSA) is 55.4 Å². The number of anilines is 1. The van der Waals surface area contributed by atoms with Crippen molar-refractivity contribution in [2.45, 2.75) is 24.7 Å². The predicted molar refractivity (Wildman–Crippen MR) is 94.4 cm³/mol. The van der Waals surface area contributed by atoms with Crippen molar-refractivity contribution < 1.29 is 13.2 Å². The molecule has 0 heterocycles. The Labute approximate surface area is 146 Å². The van der Waals surface area contributed by atoms with Gasteiger partial charge in [-0.3, -0.25) is 4.72 Å². The minimum absolute atomic E-state index is 0.0622. The number of hydrogen-bond donors (Lipinski definition) is 1. The second-order valence-corrected chi connectivity index (χ2v) is 7.68. The van der Waals surface area contributed by atoms with Crippen LogP contribution in [0.15, 0.2) is 41.3 Å². The van der Waals surface area contributed by atoms with E-state index in [1.165, 1.54) is 19.2 Å². The lowest BCUT2D eigenvalue weighted by molar-refractivity contribution is 0.414. The molecule has 0 atom stereocenters. The summed E-state index contributed by atoms with van der Waals surface area (Å²) in [5, 5.41) is -0.00971. The fourth-order valence-corrected chi connectivity index (χ4v) is 3.93. The summed E-state index contributed by atoms with van der Waals surface area (Å²) in [6.45, 7) is 4.14. The molecule has 23 heavy (non-hydrogen) atoms. The Kier molecular flexibility index (Phi) is 5.45. The molecule has 0 unspecified atom stereocenters. The van der Waals surface area contributed by atoms with Gasteiger partial charge in [0.05, 0.1) is 12.1 Å². The van der Waals surface area contributed by atoms with Gasteiger partial charge in [0.1, 0.15) is 15.7 Å². The molecule has 0 amide bonds. The molecule has 0 aliphatic carbocycles. The Balaban J connectivity index is 2.34. The number of hydrogen-bond acceptors (Lipinski definition) is 3. The van der Waals surface area contributed by atoms with Gasteiger partial charge in [-0.15, -0.1) is 0 Å². The molecule has 0 saturated heterocycles. The molecule has 1 N–H and O–H groups in total.